The predicted molar refractivity (Wildman–Crippen MR) is 80.3 cm³/mol. The minimum atomic E-state index is 0.584. The van der Waals surface area contributed by atoms with Crippen molar-refractivity contribution in [2.75, 3.05) is 7.05 Å². The third-order valence-electron chi connectivity index (χ3n) is 4.45. The van der Waals surface area contributed by atoms with Crippen LogP contribution >= 0.6 is 0 Å². The molecule has 3 heteroatoms. The first-order chi connectivity index (χ1) is 9.33. The second-order valence-corrected chi connectivity index (χ2v) is 5.97. The monoisotopic (exact) mass is 263 g/mol. The smallest absolute Gasteiger partial charge is 0.110 e. The Kier molecular flexibility index (Phi) is 5.90. The maximum Gasteiger partial charge on any atom is 0.110 e. The largest absolute Gasteiger partial charge is 0.335 e. The van der Waals surface area contributed by atoms with Gasteiger partial charge in [0.05, 0.1) is 0 Å². The van der Waals surface area contributed by atoms with E-state index in [0.29, 0.717) is 6.04 Å². The van der Waals surface area contributed by atoms with Crippen molar-refractivity contribution in [3.63, 3.8) is 0 Å². The fourth-order valence-electron chi connectivity index (χ4n) is 3.32. The van der Waals surface area contributed by atoms with Crippen molar-refractivity contribution in [2.24, 2.45) is 5.92 Å². The van der Waals surface area contributed by atoms with Gasteiger partial charge in [-0.05, 0) is 25.8 Å². The summed E-state index contributed by atoms with van der Waals surface area (Å²) in [7, 11) is 2.10. The third-order valence-corrected chi connectivity index (χ3v) is 4.45. The van der Waals surface area contributed by atoms with Crippen molar-refractivity contribution in [2.45, 2.75) is 70.9 Å². The molecule has 1 fully saturated rings. The first-order valence-corrected chi connectivity index (χ1v) is 8.00. The van der Waals surface area contributed by atoms with Gasteiger partial charge in [0.2, 0.25) is 0 Å². The predicted octanol–water partition coefficient (Wildman–Crippen LogP) is 3.39. The van der Waals surface area contributed by atoms with Gasteiger partial charge in [-0.1, -0.05) is 39.0 Å². The van der Waals surface area contributed by atoms with Gasteiger partial charge < -0.3 is 9.88 Å². The Labute approximate surface area is 117 Å². The Morgan fingerprint density at radius 1 is 1.37 bits per heavy atom. The Hall–Kier alpha value is -0.830. The number of rotatable bonds is 7. The lowest BCUT2D eigenvalue weighted by atomic mass is 9.84. The Bertz CT molecular complexity index is 353. The molecule has 0 bridgehead atoms. The highest BCUT2D eigenvalue weighted by molar-refractivity contribution is 4.96. The van der Waals surface area contributed by atoms with Crippen LogP contribution in [0.4, 0.5) is 0 Å². The molecule has 1 unspecified atom stereocenters. The van der Waals surface area contributed by atoms with Gasteiger partial charge in [-0.25, -0.2) is 4.98 Å². The molecule has 0 radical (unpaired) electrons. The molecule has 0 amide bonds. The highest BCUT2D eigenvalue weighted by atomic mass is 15.1. The van der Waals surface area contributed by atoms with Crippen LogP contribution in [0.15, 0.2) is 12.4 Å². The summed E-state index contributed by atoms with van der Waals surface area (Å²) >= 11 is 0. The molecule has 1 saturated carbocycles. The van der Waals surface area contributed by atoms with Gasteiger partial charge >= 0.3 is 0 Å². The number of nitrogens with zero attached hydrogens (tertiary/aromatic N) is 2. The summed E-state index contributed by atoms with van der Waals surface area (Å²) < 4.78 is 2.31. The van der Waals surface area contributed by atoms with Crippen molar-refractivity contribution >= 4 is 0 Å². The van der Waals surface area contributed by atoms with E-state index in [9.17, 15) is 0 Å². The molecule has 3 nitrogen and oxygen atoms in total. The Morgan fingerprint density at radius 2 is 2.16 bits per heavy atom. The van der Waals surface area contributed by atoms with Crippen LogP contribution in [0, 0.1) is 5.92 Å². The number of aryl methyl sites for hydroxylation is 1. The zero-order valence-corrected chi connectivity index (χ0v) is 12.6. The zero-order chi connectivity index (χ0) is 13.5. The molecular formula is C16H29N3. The molecule has 0 saturated heterocycles. The number of likely N-dealkylation sites (N-methyl/N-ethyl adjacent to an activating group) is 1. The molecule has 1 N–H and O–H groups in total. The van der Waals surface area contributed by atoms with E-state index in [1.807, 2.05) is 6.20 Å². The van der Waals surface area contributed by atoms with Crippen molar-refractivity contribution in [3.8, 4) is 0 Å². The van der Waals surface area contributed by atoms with Gasteiger partial charge in [-0.3, -0.25) is 0 Å². The van der Waals surface area contributed by atoms with Gasteiger partial charge in [0.1, 0.15) is 5.82 Å². The van der Waals surface area contributed by atoms with E-state index in [0.717, 1.165) is 18.9 Å². The molecule has 0 aliphatic heterocycles. The first-order valence-electron chi connectivity index (χ1n) is 8.00. The Morgan fingerprint density at radius 3 is 2.84 bits per heavy atom. The van der Waals surface area contributed by atoms with E-state index >= 15 is 0 Å². The van der Waals surface area contributed by atoms with Crippen molar-refractivity contribution < 1.29 is 0 Å². The lowest BCUT2D eigenvalue weighted by Crippen LogP contribution is -2.31. The topological polar surface area (TPSA) is 29.9 Å². The molecule has 1 aliphatic rings. The summed E-state index contributed by atoms with van der Waals surface area (Å²) in [6.07, 6.45) is 14.8. The summed E-state index contributed by atoms with van der Waals surface area (Å²) in [5, 5.41) is 3.50. The van der Waals surface area contributed by atoms with Crippen LogP contribution in [-0.2, 0) is 13.0 Å². The van der Waals surface area contributed by atoms with Gasteiger partial charge in [0.25, 0.3) is 0 Å². The highest BCUT2D eigenvalue weighted by Crippen LogP contribution is 2.27. The molecule has 0 aromatic carbocycles. The zero-order valence-electron chi connectivity index (χ0n) is 12.6. The van der Waals surface area contributed by atoms with Crippen molar-refractivity contribution in [1.82, 2.24) is 14.9 Å². The van der Waals surface area contributed by atoms with Crippen LogP contribution in [0.3, 0.4) is 0 Å². The normalized spacial score (nSPS) is 18.6. The van der Waals surface area contributed by atoms with Crippen LogP contribution in [-0.4, -0.2) is 22.6 Å². The first kappa shape index (κ1) is 14.6. The van der Waals surface area contributed by atoms with Gasteiger partial charge in [0.15, 0.2) is 0 Å². The lowest BCUT2D eigenvalue weighted by Gasteiger charge is -2.26. The van der Waals surface area contributed by atoms with Crippen LogP contribution in [0.25, 0.3) is 0 Å². The molecule has 108 valence electrons. The highest BCUT2D eigenvalue weighted by Gasteiger charge is 2.19. The van der Waals surface area contributed by atoms with Crippen LogP contribution in [0.5, 0.6) is 0 Å². The van der Waals surface area contributed by atoms with E-state index in [1.165, 1.54) is 50.8 Å². The molecule has 1 atom stereocenters. The number of imidazole rings is 1. The van der Waals surface area contributed by atoms with Crippen molar-refractivity contribution in [3.05, 3.63) is 18.2 Å². The Balaban J connectivity index is 1.88. The minimum absolute atomic E-state index is 0.584. The third kappa shape index (κ3) is 4.34. The van der Waals surface area contributed by atoms with Gasteiger partial charge in [-0.15, -0.1) is 0 Å². The summed E-state index contributed by atoms with van der Waals surface area (Å²) in [5.74, 6) is 2.18. The quantitative estimate of drug-likeness (QED) is 0.817. The molecule has 0 spiro atoms. The number of aromatic nitrogens is 2. The van der Waals surface area contributed by atoms with Gasteiger partial charge in [0, 0.05) is 31.4 Å². The molecular weight excluding hydrogens is 234 g/mol. The maximum absolute atomic E-state index is 4.54. The van der Waals surface area contributed by atoms with E-state index in [-0.39, 0.29) is 0 Å². The molecule has 1 heterocycles. The van der Waals surface area contributed by atoms with E-state index in [1.54, 1.807) is 0 Å². The number of nitrogens with one attached hydrogen (secondary N) is 1. The number of hydrogen-bond donors (Lipinski definition) is 1. The average Bonchev–Trinajstić information content (AvgIpc) is 2.87. The lowest BCUT2D eigenvalue weighted by molar-refractivity contribution is 0.300. The fraction of sp³-hybridized carbons (Fsp3) is 0.812. The molecule has 2 rings (SSSR count). The van der Waals surface area contributed by atoms with Gasteiger partial charge in [-0.2, -0.15) is 0 Å². The van der Waals surface area contributed by atoms with Crippen LogP contribution < -0.4 is 5.32 Å². The summed E-state index contributed by atoms with van der Waals surface area (Å²) in [6.45, 7) is 3.32. The minimum Gasteiger partial charge on any atom is -0.335 e. The summed E-state index contributed by atoms with van der Waals surface area (Å²) in [6, 6.07) is 0.584. The van der Waals surface area contributed by atoms with Crippen molar-refractivity contribution in [1.29, 1.82) is 0 Å². The second-order valence-electron chi connectivity index (χ2n) is 5.97. The standard InChI is InChI=1S/C16H29N3/c1-3-10-19-11-9-18-16(19)13-15(17-2)12-14-7-5-4-6-8-14/h9,11,14-15,17H,3-8,10,12-13H2,1-2H3. The van der Waals surface area contributed by atoms with Crippen LogP contribution in [0.2, 0.25) is 0 Å². The summed E-state index contributed by atoms with van der Waals surface area (Å²) in [4.78, 5) is 4.54. The molecule has 1 aromatic rings. The molecule has 19 heavy (non-hydrogen) atoms. The summed E-state index contributed by atoms with van der Waals surface area (Å²) in [5.41, 5.74) is 0. The molecule has 1 aromatic heterocycles. The molecule has 1 aliphatic carbocycles. The maximum atomic E-state index is 4.54. The van der Waals surface area contributed by atoms with Crippen LogP contribution in [0.1, 0.15) is 57.7 Å². The SMILES string of the molecule is CCCn1ccnc1CC(CC1CCCCC1)NC. The van der Waals surface area contributed by atoms with E-state index in [2.05, 4.69) is 35.0 Å². The second kappa shape index (κ2) is 7.68. The number of hydrogen-bond acceptors (Lipinski definition) is 2. The van der Waals surface area contributed by atoms with E-state index in [4.69, 9.17) is 0 Å². The average molecular weight is 263 g/mol. The van der Waals surface area contributed by atoms with E-state index < -0.39 is 0 Å². The fourth-order valence-corrected chi connectivity index (χ4v) is 3.32.